The van der Waals surface area contributed by atoms with Crippen LogP contribution in [-0.4, -0.2) is 36.4 Å². The quantitative estimate of drug-likeness (QED) is 0.597. The van der Waals surface area contributed by atoms with Crippen LogP contribution >= 0.6 is 0 Å². The summed E-state index contributed by atoms with van der Waals surface area (Å²) in [5.74, 6) is 1.23. The lowest BCUT2D eigenvalue weighted by atomic mass is 10.0. The highest BCUT2D eigenvalue weighted by atomic mass is 16.5. The Morgan fingerprint density at radius 2 is 1.79 bits per heavy atom. The van der Waals surface area contributed by atoms with Gasteiger partial charge in [-0.25, -0.2) is 0 Å². The number of methoxy groups -OCH3 is 2. The van der Waals surface area contributed by atoms with Crippen LogP contribution in [0, 0.1) is 0 Å². The minimum atomic E-state index is -0.362. The number of ether oxygens (including phenoxy) is 2. The van der Waals surface area contributed by atoms with E-state index in [2.05, 4.69) is 15.5 Å². The Bertz CT molecular complexity index is 940. The van der Waals surface area contributed by atoms with E-state index in [0.29, 0.717) is 23.8 Å². The molecule has 1 N–H and O–H groups in total. The van der Waals surface area contributed by atoms with Gasteiger partial charge in [0.2, 0.25) is 5.89 Å². The highest BCUT2D eigenvalue weighted by Crippen LogP contribution is 2.28. The third kappa shape index (κ3) is 5.34. The molecule has 0 saturated heterocycles. The average Bonchev–Trinajstić information content (AvgIpc) is 3.22. The van der Waals surface area contributed by atoms with E-state index in [-0.39, 0.29) is 17.8 Å². The van der Waals surface area contributed by atoms with Gasteiger partial charge in [0.05, 0.1) is 20.6 Å². The third-order valence-electron chi connectivity index (χ3n) is 4.62. The summed E-state index contributed by atoms with van der Waals surface area (Å²) in [5.41, 5.74) is 2.08. The highest BCUT2D eigenvalue weighted by Gasteiger charge is 2.19. The number of rotatable bonds is 9. The maximum atomic E-state index is 12.5. The molecule has 2 aromatic carbocycles. The van der Waals surface area contributed by atoms with Gasteiger partial charge < -0.3 is 19.2 Å². The first-order valence-electron chi connectivity index (χ1n) is 9.51. The Morgan fingerprint density at radius 1 is 1.03 bits per heavy atom. The summed E-state index contributed by atoms with van der Waals surface area (Å²) in [6.45, 7) is 2.03. The number of benzene rings is 2. The summed E-state index contributed by atoms with van der Waals surface area (Å²) in [5, 5.41) is 10.9. The number of carbonyl (C=O) groups is 1. The molecular formula is C22H25N3O4. The van der Waals surface area contributed by atoms with Gasteiger partial charge in [-0.05, 0) is 36.1 Å². The van der Waals surface area contributed by atoms with Gasteiger partial charge in [-0.15, -0.1) is 10.2 Å². The molecule has 29 heavy (non-hydrogen) atoms. The predicted molar refractivity (Wildman–Crippen MR) is 108 cm³/mol. The summed E-state index contributed by atoms with van der Waals surface area (Å²) in [4.78, 5) is 12.5. The molecule has 0 aliphatic heterocycles. The smallest absolute Gasteiger partial charge is 0.309 e. The van der Waals surface area contributed by atoms with Gasteiger partial charge in [0.1, 0.15) is 0 Å². The van der Waals surface area contributed by atoms with Crippen LogP contribution in [0.5, 0.6) is 11.5 Å². The Labute approximate surface area is 170 Å². The van der Waals surface area contributed by atoms with Crippen molar-refractivity contribution in [2.75, 3.05) is 14.2 Å². The van der Waals surface area contributed by atoms with E-state index in [1.807, 2.05) is 55.5 Å². The van der Waals surface area contributed by atoms with Crippen molar-refractivity contribution in [1.29, 1.82) is 0 Å². The number of nitrogens with one attached hydrogen (secondary N) is 1. The molecule has 1 heterocycles. The normalized spacial score (nSPS) is 11.7. The van der Waals surface area contributed by atoms with E-state index < -0.39 is 0 Å². The molecule has 3 rings (SSSR count). The van der Waals surface area contributed by atoms with Crippen molar-refractivity contribution in [1.82, 2.24) is 15.5 Å². The second-order valence-electron chi connectivity index (χ2n) is 6.64. The minimum Gasteiger partial charge on any atom is -0.493 e. The summed E-state index contributed by atoms with van der Waals surface area (Å²) in [6.07, 6.45) is 1.94. The Kier molecular flexibility index (Phi) is 6.84. The van der Waals surface area contributed by atoms with Crippen molar-refractivity contribution < 1.29 is 18.7 Å². The maximum Gasteiger partial charge on any atom is 0.309 e. The van der Waals surface area contributed by atoms with Crippen molar-refractivity contribution in [3.63, 3.8) is 0 Å². The van der Waals surface area contributed by atoms with Crippen molar-refractivity contribution in [2.45, 2.75) is 32.2 Å². The van der Waals surface area contributed by atoms with Crippen molar-refractivity contribution in [3.8, 4) is 11.5 Å². The zero-order valence-electron chi connectivity index (χ0n) is 16.8. The molecule has 0 radical (unpaired) electrons. The van der Waals surface area contributed by atoms with Gasteiger partial charge in [0, 0.05) is 6.04 Å². The summed E-state index contributed by atoms with van der Waals surface area (Å²) in [6, 6.07) is 15.6. The molecule has 0 saturated carbocycles. The SMILES string of the molecule is CC[C@@H](Cc1ccccc1)NC(=O)c1nnc(Cc2ccc(OC)c(OC)c2)o1. The average molecular weight is 395 g/mol. The largest absolute Gasteiger partial charge is 0.493 e. The molecule has 0 fully saturated rings. The first-order chi connectivity index (χ1) is 14.1. The van der Waals surface area contributed by atoms with Crippen molar-refractivity contribution >= 4 is 5.91 Å². The van der Waals surface area contributed by atoms with Crippen LogP contribution < -0.4 is 14.8 Å². The van der Waals surface area contributed by atoms with Crippen LogP contribution in [0.2, 0.25) is 0 Å². The summed E-state index contributed by atoms with van der Waals surface area (Å²) < 4.78 is 16.1. The van der Waals surface area contributed by atoms with Crippen LogP contribution in [0.1, 0.15) is 41.0 Å². The first-order valence-corrected chi connectivity index (χ1v) is 9.51. The Morgan fingerprint density at radius 3 is 2.48 bits per heavy atom. The summed E-state index contributed by atoms with van der Waals surface area (Å²) >= 11 is 0. The lowest BCUT2D eigenvalue weighted by Crippen LogP contribution is -2.36. The summed E-state index contributed by atoms with van der Waals surface area (Å²) in [7, 11) is 3.16. The molecule has 0 spiro atoms. The predicted octanol–water partition coefficient (Wildman–Crippen LogP) is 3.43. The molecule has 7 heteroatoms. The fourth-order valence-electron chi connectivity index (χ4n) is 3.03. The van der Waals surface area contributed by atoms with Crippen LogP contribution in [0.15, 0.2) is 52.9 Å². The number of nitrogens with zero attached hydrogens (tertiary/aromatic N) is 2. The molecule has 3 aromatic rings. The third-order valence-corrected chi connectivity index (χ3v) is 4.62. The van der Waals surface area contributed by atoms with Gasteiger partial charge in [-0.3, -0.25) is 4.79 Å². The Balaban J connectivity index is 1.63. The number of hydrogen-bond acceptors (Lipinski definition) is 6. The molecular weight excluding hydrogens is 370 g/mol. The van der Waals surface area contributed by atoms with Crippen LogP contribution in [-0.2, 0) is 12.8 Å². The molecule has 7 nitrogen and oxygen atoms in total. The van der Waals surface area contributed by atoms with E-state index in [1.54, 1.807) is 14.2 Å². The molecule has 0 unspecified atom stereocenters. The van der Waals surface area contributed by atoms with Gasteiger partial charge in [0.25, 0.3) is 0 Å². The number of aromatic nitrogens is 2. The lowest BCUT2D eigenvalue weighted by Gasteiger charge is -2.15. The number of carbonyl (C=O) groups excluding carboxylic acids is 1. The topological polar surface area (TPSA) is 86.5 Å². The van der Waals surface area contributed by atoms with E-state index in [9.17, 15) is 4.79 Å². The molecule has 1 atom stereocenters. The van der Waals surface area contributed by atoms with E-state index in [0.717, 1.165) is 18.4 Å². The molecule has 1 amide bonds. The van der Waals surface area contributed by atoms with E-state index >= 15 is 0 Å². The van der Waals surface area contributed by atoms with Gasteiger partial charge >= 0.3 is 11.8 Å². The number of amides is 1. The van der Waals surface area contributed by atoms with Crippen molar-refractivity contribution in [2.24, 2.45) is 0 Å². The van der Waals surface area contributed by atoms with Gasteiger partial charge in [-0.1, -0.05) is 43.3 Å². The minimum absolute atomic E-state index is 0.00824. The maximum absolute atomic E-state index is 12.5. The van der Waals surface area contributed by atoms with Crippen LogP contribution in [0.3, 0.4) is 0 Å². The van der Waals surface area contributed by atoms with E-state index in [1.165, 1.54) is 5.56 Å². The first kappa shape index (κ1) is 20.4. The highest BCUT2D eigenvalue weighted by molar-refractivity contribution is 5.89. The van der Waals surface area contributed by atoms with Crippen LogP contribution in [0.25, 0.3) is 0 Å². The number of hydrogen-bond donors (Lipinski definition) is 1. The fraction of sp³-hybridized carbons (Fsp3) is 0.318. The zero-order chi connectivity index (χ0) is 20.6. The monoisotopic (exact) mass is 395 g/mol. The van der Waals surface area contributed by atoms with Crippen LogP contribution in [0.4, 0.5) is 0 Å². The van der Waals surface area contributed by atoms with Gasteiger partial charge in [-0.2, -0.15) is 0 Å². The Hall–Kier alpha value is -3.35. The second kappa shape index (κ2) is 9.73. The molecule has 152 valence electrons. The zero-order valence-corrected chi connectivity index (χ0v) is 16.8. The molecule has 0 aliphatic carbocycles. The standard InChI is InChI=1S/C22H25N3O4/c1-4-17(12-15-8-6-5-7-9-15)23-21(26)22-25-24-20(29-22)14-16-10-11-18(27-2)19(13-16)28-3/h5-11,13,17H,4,12,14H2,1-3H3,(H,23,26)/t17-/m0/s1. The fourth-order valence-corrected chi connectivity index (χ4v) is 3.03. The van der Waals surface area contributed by atoms with E-state index in [4.69, 9.17) is 13.9 Å². The van der Waals surface area contributed by atoms with Gasteiger partial charge in [0.15, 0.2) is 11.5 Å². The lowest BCUT2D eigenvalue weighted by molar-refractivity contribution is 0.0899. The molecule has 0 bridgehead atoms. The second-order valence-corrected chi connectivity index (χ2v) is 6.64. The van der Waals surface area contributed by atoms with Crippen molar-refractivity contribution in [3.05, 3.63) is 71.4 Å². The molecule has 0 aliphatic rings. The molecule has 1 aromatic heterocycles.